The molecule has 1 aromatic heterocycles. The second-order valence-corrected chi connectivity index (χ2v) is 4.29. The fourth-order valence-corrected chi connectivity index (χ4v) is 1.99. The molecule has 0 aliphatic rings. The number of hydrogen-bond acceptors (Lipinski definition) is 3. The minimum atomic E-state index is 0.658. The molecule has 0 fully saturated rings. The van der Waals surface area contributed by atoms with Crippen molar-refractivity contribution in [1.82, 2.24) is 4.57 Å². The Morgan fingerprint density at radius 1 is 1.17 bits per heavy atom. The van der Waals surface area contributed by atoms with Crippen LogP contribution in [-0.4, -0.2) is 31.5 Å². The molecule has 0 saturated heterocycles. The van der Waals surface area contributed by atoms with Gasteiger partial charge in [0.25, 0.3) is 0 Å². The molecule has 0 radical (unpaired) electrons. The van der Waals surface area contributed by atoms with E-state index < -0.39 is 0 Å². The lowest BCUT2D eigenvalue weighted by Gasteiger charge is -2.06. The van der Waals surface area contributed by atoms with Gasteiger partial charge >= 0.3 is 0 Å². The number of methoxy groups -OCH3 is 1. The first-order valence-electron chi connectivity index (χ1n) is 6.22. The van der Waals surface area contributed by atoms with Gasteiger partial charge in [-0.25, -0.2) is 0 Å². The van der Waals surface area contributed by atoms with Gasteiger partial charge in [-0.3, -0.25) is 0 Å². The van der Waals surface area contributed by atoms with E-state index in [0.29, 0.717) is 13.2 Å². The van der Waals surface area contributed by atoms with Crippen molar-refractivity contribution in [3.63, 3.8) is 0 Å². The first kappa shape index (κ1) is 12.9. The SMILES string of the molecule is COCCOCCCn1ccc2cc(N)ccc21. The lowest BCUT2D eigenvalue weighted by Crippen LogP contribution is -2.05. The van der Waals surface area contributed by atoms with Crippen molar-refractivity contribution in [3.8, 4) is 0 Å². The van der Waals surface area contributed by atoms with Gasteiger partial charge in [0.15, 0.2) is 0 Å². The highest BCUT2D eigenvalue weighted by atomic mass is 16.5. The van der Waals surface area contributed by atoms with E-state index in [-0.39, 0.29) is 0 Å². The number of nitrogen functional groups attached to an aromatic ring is 1. The van der Waals surface area contributed by atoms with Crippen molar-refractivity contribution in [2.24, 2.45) is 0 Å². The molecule has 0 bridgehead atoms. The molecule has 2 aromatic rings. The smallest absolute Gasteiger partial charge is 0.0700 e. The van der Waals surface area contributed by atoms with Crippen LogP contribution in [-0.2, 0) is 16.0 Å². The standard InChI is InChI=1S/C14H20N2O2/c1-17-9-10-18-8-2-6-16-7-5-12-11-13(15)3-4-14(12)16/h3-5,7,11H,2,6,8-10,15H2,1H3. The molecular formula is C14H20N2O2. The lowest BCUT2D eigenvalue weighted by atomic mass is 10.2. The number of benzene rings is 1. The summed E-state index contributed by atoms with van der Waals surface area (Å²) in [6.07, 6.45) is 3.09. The molecule has 0 saturated carbocycles. The average molecular weight is 248 g/mol. The number of hydrogen-bond donors (Lipinski definition) is 1. The van der Waals surface area contributed by atoms with E-state index in [2.05, 4.69) is 22.9 Å². The summed E-state index contributed by atoms with van der Waals surface area (Å²) < 4.78 is 12.6. The van der Waals surface area contributed by atoms with Gasteiger partial charge in [-0.05, 0) is 30.7 Å². The number of ether oxygens (including phenoxy) is 2. The summed E-state index contributed by atoms with van der Waals surface area (Å²) >= 11 is 0. The minimum Gasteiger partial charge on any atom is -0.399 e. The minimum absolute atomic E-state index is 0.658. The van der Waals surface area contributed by atoms with Crippen LogP contribution in [0.3, 0.4) is 0 Å². The van der Waals surface area contributed by atoms with Gasteiger partial charge in [-0.15, -0.1) is 0 Å². The van der Waals surface area contributed by atoms with E-state index >= 15 is 0 Å². The van der Waals surface area contributed by atoms with E-state index in [1.165, 1.54) is 10.9 Å². The first-order valence-corrected chi connectivity index (χ1v) is 6.22. The molecule has 18 heavy (non-hydrogen) atoms. The Balaban J connectivity index is 1.84. The quantitative estimate of drug-likeness (QED) is 0.604. The Morgan fingerprint density at radius 3 is 2.89 bits per heavy atom. The van der Waals surface area contributed by atoms with Crippen molar-refractivity contribution in [2.45, 2.75) is 13.0 Å². The Labute approximate surface area is 107 Å². The maximum Gasteiger partial charge on any atom is 0.0700 e. The van der Waals surface area contributed by atoms with Crippen LogP contribution in [0.5, 0.6) is 0 Å². The molecule has 4 nitrogen and oxygen atoms in total. The summed E-state index contributed by atoms with van der Waals surface area (Å²) in [5.74, 6) is 0. The molecule has 0 aliphatic heterocycles. The van der Waals surface area contributed by atoms with E-state index in [9.17, 15) is 0 Å². The van der Waals surface area contributed by atoms with E-state index in [4.69, 9.17) is 15.2 Å². The van der Waals surface area contributed by atoms with Crippen molar-refractivity contribution in [2.75, 3.05) is 32.7 Å². The molecule has 98 valence electrons. The van der Waals surface area contributed by atoms with Gasteiger partial charge in [0.2, 0.25) is 0 Å². The maximum absolute atomic E-state index is 5.76. The Kier molecular flexibility index (Phi) is 4.61. The van der Waals surface area contributed by atoms with E-state index in [0.717, 1.165) is 25.3 Å². The molecule has 0 atom stereocenters. The zero-order chi connectivity index (χ0) is 12.8. The number of aryl methyl sites for hydroxylation is 1. The van der Waals surface area contributed by atoms with Crippen molar-refractivity contribution in [1.29, 1.82) is 0 Å². The van der Waals surface area contributed by atoms with Crippen LogP contribution in [0.25, 0.3) is 10.9 Å². The summed E-state index contributed by atoms with van der Waals surface area (Å²) in [5.41, 5.74) is 7.79. The third-order valence-electron chi connectivity index (χ3n) is 2.91. The predicted octanol–water partition coefficient (Wildman–Crippen LogP) is 2.28. The Hall–Kier alpha value is -1.52. The number of anilines is 1. The van der Waals surface area contributed by atoms with Crippen molar-refractivity contribution in [3.05, 3.63) is 30.5 Å². The normalized spacial score (nSPS) is 11.2. The van der Waals surface area contributed by atoms with Crippen molar-refractivity contribution >= 4 is 16.6 Å². The van der Waals surface area contributed by atoms with Crippen LogP contribution >= 0.6 is 0 Å². The van der Waals surface area contributed by atoms with E-state index in [1.54, 1.807) is 7.11 Å². The molecule has 0 amide bonds. The second kappa shape index (κ2) is 6.42. The molecule has 1 aromatic carbocycles. The molecule has 0 spiro atoms. The summed E-state index contributed by atoms with van der Waals surface area (Å²) in [6, 6.07) is 8.10. The molecule has 1 heterocycles. The summed E-state index contributed by atoms with van der Waals surface area (Å²) in [6.45, 7) is 3.05. The molecule has 4 heteroatoms. The predicted molar refractivity (Wildman–Crippen MR) is 73.7 cm³/mol. The van der Waals surface area contributed by atoms with Gasteiger partial charge in [0.1, 0.15) is 0 Å². The highest BCUT2D eigenvalue weighted by Gasteiger charge is 2.00. The fourth-order valence-electron chi connectivity index (χ4n) is 1.99. The molecule has 0 unspecified atom stereocenters. The zero-order valence-corrected chi connectivity index (χ0v) is 10.8. The van der Waals surface area contributed by atoms with Gasteiger partial charge in [-0.1, -0.05) is 0 Å². The number of nitrogens with zero attached hydrogens (tertiary/aromatic N) is 1. The third-order valence-corrected chi connectivity index (χ3v) is 2.91. The molecule has 0 aliphatic carbocycles. The second-order valence-electron chi connectivity index (χ2n) is 4.29. The highest BCUT2D eigenvalue weighted by molar-refractivity contribution is 5.83. The lowest BCUT2D eigenvalue weighted by molar-refractivity contribution is 0.0681. The number of rotatable bonds is 7. The number of fused-ring (bicyclic) bond motifs is 1. The van der Waals surface area contributed by atoms with E-state index in [1.807, 2.05) is 12.1 Å². The highest BCUT2D eigenvalue weighted by Crippen LogP contribution is 2.18. The topological polar surface area (TPSA) is 49.4 Å². The summed E-state index contributed by atoms with van der Waals surface area (Å²) in [5, 5.41) is 1.19. The van der Waals surface area contributed by atoms with Gasteiger partial charge in [-0.2, -0.15) is 0 Å². The maximum atomic E-state index is 5.76. The van der Waals surface area contributed by atoms with Gasteiger partial charge in [0, 0.05) is 43.0 Å². The summed E-state index contributed by atoms with van der Waals surface area (Å²) in [4.78, 5) is 0. The van der Waals surface area contributed by atoms with Crippen LogP contribution in [0, 0.1) is 0 Å². The van der Waals surface area contributed by atoms with Gasteiger partial charge < -0.3 is 19.8 Å². The zero-order valence-electron chi connectivity index (χ0n) is 10.8. The van der Waals surface area contributed by atoms with Crippen LogP contribution in [0.4, 0.5) is 5.69 Å². The van der Waals surface area contributed by atoms with Crippen molar-refractivity contribution < 1.29 is 9.47 Å². The molecule has 2 N–H and O–H groups in total. The third kappa shape index (κ3) is 3.24. The average Bonchev–Trinajstić information content (AvgIpc) is 2.76. The summed E-state index contributed by atoms with van der Waals surface area (Å²) in [7, 11) is 1.68. The molecule has 2 rings (SSSR count). The molecular weight excluding hydrogens is 228 g/mol. The fraction of sp³-hybridized carbons (Fsp3) is 0.429. The van der Waals surface area contributed by atoms with Gasteiger partial charge in [0.05, 0.1) is 13.2 Å². The van der Waals surface area contributed by atoms with Crippen LogP contribution in [0.15, 0.2) is 30.5 Å². The Morgan fingerprint density at radius 2 is 2.06 bits per heavy atom. The first-order chi connectivity index (χ1) is 8.81. The number of aromatic nitrogens is 1. The largest absolute Gasteiger partial charge is 0.399 e. The van der Waals surface area contributed by atoms with Crippen LogP contribution in [0.2, 0.25) is 0 Å². The van der Waals surface area contributed by atoms with Crippen LogP contribution < -0.4 is 5.73 Å². The van der Waals surface area contributed by atoms with Crippen LogP contribution in [0.1, 0.15) is 6.42 Å². The number of nitrogens with two attached hydrogens (primary N) is 1. The Bertz CT molecular complexity index is 493. The monoisotopic (exact) mass is 248 g/mol.